The molecule has 0 aliphatic carbocycles. The maximum absolute atomic E-state index is 12.1. The van der Waals surface area contributed by atoms with Gasteiger partial charge in [-0.1, -0.05) is 0 Å². The predicted octanol–water partition coefficient (Wildman–Crippen LogP) is 1.81. The van der Waals surface area contributed by atoms with Crippen LogP contribution in [0.1, 0.15) is 11.9 Å². The molecule has 0 saturated heterocycles. The van der Waals surface area contributed by atoms with Crippen molar-refractivity contribution in [2.75, 3.05) is 6.54 Å². The lowest BCUT2D eigenvalue weighted by Crippen LogP contribution is -2.37. The SMILES string of the molecule is Cc1nc(-c2ccc(S(=O)(=O)N[C@@H](C)CN)s2)cs1. The largest absolute Gasteiger partial charge is 0.329 e. The van der Waals surface area contributed by atoms with Crippen LogP contribution in [-0.2, 0) is 10.0 Å². The molecule has 0 aliphatic heterocycles. The van der Waals surface area contributed by atoms with E-state index in [2.05, 4.69) is 9.71 Å². The number of hydrogen-bond donors (Lipinski definition) is 2. The first-order valence-corrected chi connectivity index (χ1v) is 8.85. The summed E-state index contributed by atoms with van der Waals surface area (Å²) in [5.41, 5.74) is 6.24. The van der Waals surface area contributed by atoms with Gasteiger partial charge in [0.2, 0.25) is 10.0 Å². The number of thiazole rings is 1. The van der Waals surface area contributed by atoms with Gasteiger partial charge >= 0.3 is 0 Å². The van der Waals surface area contributed by atoms with Crippen LogP contribution >= 0.6 is 22.7 Å². The minimum absolute atomic E-state index is 0.267. The second kappa shape index (κ2) is 5.68. The number of nitrogens with one attached hydrogen (secondary N) is 1. The van der Waals surface area contributed by atoms with Gasteiger partial charge in [-0.3, -0.25) is 0 Å². The Bertz CT molecular complexity index is 660. The lowest BCUT2D eigenvalue weighted by molar-refractivity contribution is 0.564. The molecule has 0 aromatic carbocycles. The summed E-state index contributed by atoms with van der Waals surface area (Å²) >= 11 is 2.76. The Morgan fingerprint density at radius 1 is 1.47 bits per heavy atom. The molecule has 2 rings (SSSR count). The molecule has 0 spiro atoms. The van der Waals surface area contributed by atoms with Crippen molar-refractivity contribution < 1.29 is 8.42 Å². The molecule has 2 aromatic heterocycles. The monoisotopic (exact) mass is 317 g/mol. The van der Waals surface area contributed by atoms with Crippen LogP contribution in [0.3, 0.4) is 0 Å². The van der Waals surface area contributed by atoms with Crippen LogP contribution in [0.15, 0.2) is 21.7 Å². The smallest absolute Gasteiger partial charge is 0.250 e. The van der Waals surface area contributed by atoms with E-state index in [4.69, 9.17) is 5.73 Å². The molecular formula is C11H15N3O2S3. The number of aromatic nitrogens is 1. The zero-order valence-electron chi connectivity index (χ0n) is 10.6. The first kappa shape index (κ1) is 14.6. The summed E-state index contributed by atoms with van der Waals surface area (Å²) in [5.74, 6) is 0. The van der Waals surface area contributed by atoms with Gasteiger partial charge in [0.1, 0.15) is 4.21 Å². The van der Waals surface area contributed by atoms with Gasteiger partial charge in [-0.15, -0.1) is 22.7 Å². The van der Waals surface area contributed by atoms with Crippen molar-refractivity contribution in [2.24, 2.45) is 5.73 Å². The van der Waals surface area contributed by atoms with Crippen molar-refractivity contribution >= 4 is 32.7 Å². The molecule has 1 atom stereocenters. The van der Waals surface area contributed by atoms with Crippen LogP contribution in [0.2, 0.25) is 0 Å². The Labute approximate surface area is 120 Å². The van der Waals surface area contributed by atoms with Crippen molar-refractivity contribution in [3.63, 3.8) is 0 Å². The number of nitrogens with two attached hydrogens (primary N) is 1. The van der Waals surface area contributed by atoms with Crippen molar-refractivity contribution in [1.29, 1.82) is 0 Å². The van der Waals surface area contributed by atoms with Crippen LogP contribution in [0.5, 0.6) is 0 Å². The molecule has 2 aromatic rings. The Balaban J connectivity index is 2.26. The molecule has 104 valence electrons. The van der Waals surface area contributed by atoms with E-state index in [0.29, 0.717) is 0 Å². The van der Waals surface area contributed by atoms with E-state index in [0.717, 1.165) is 15.6 Å². The summed E-state index contributed by atoms with van der Waals surface area (Å²) in [6.07, 6.45) is 0. The molecule has 0 unspecified atom stereocenters. The van der Waals surface area contributed by atoms with Gasteiger partial charge in [0, 0.05) is 18.0 Å². The van der Waals surface area contributed by atoms with E-state index >= 15 is 0 Å². The van der Waals surface area contributed by atoms with Gasteiger partial charge < -0.3 is 5.73 Å². The van der Waals surface area contributed by atoms with E-state index in [-0.39, 0.29) is 16.8 Å². The van der Waals surface area contributed by atoms with Gasteiger partial charge in [0.05, 0.1) is 15.6 Å². The number of thiophene rings is 1. The highest BCUT2D eigenvalue weighted by molar-refractivity contribution is 7.91. The molecule has 0 amide bonds. The summed E-state index contributed by atoms with van der Waals surface area (Å²) in [4.78, 5) is 5.20. The molecular weight excluding hydrogens is 302 g/mol. The number of aryl methyl sites for hydroxylation is 1. The molecule has 2 heterocycles. The van der Waals surface area contributed by atoms with Crippen molar-refractivity contribution in [2.45, 2.75) is 24.1 Å². The van der Waals surface area contributed by atoms with Gasteiger partial charge in [0.15, 0.2) is 0 Å². The third kappa shape index (κ3) is 3.40. The summed E-state index contributed by atoms with van der Waals surface area (Å²) in [7, 11) is -3.49. The Kier molecular flexibility index (Phi) is 4.36. The minimum Gasteiger partial charge on any atom is -0.329 e. The topological polar surface area (TPSA) is 85.1 Å². The third-order valence-corrected chi connectivity index (χ3v) is 6.39. The molecule has 0 aliphatic rings. The molecule has 0 saturated carbocycles. The summed E-state index contributed by atoms with van der Waals surface area (Å²) in [6.45, 7) is 3.92. The van der Waals surface area contributed by atoms with Crippen LogP contribution in [0, 0.1) is 6.92 Å². The van der Waals surface area contributed by atoms with Crippen molar-refractivity contribution in [3.05, 3.63) is 22.5 Å². The summed E-state index contributed by atoms with van der Waals surface area (Å²) in [5, 5.41) is 2.88. The van der Waals surface area contributed by atoms with Crippen LogP contribution in [0.25, 0.3) is 10.6 Å². The van der Waals surface area contributed by atoms with E-state index in [1.807, 2.05) is 12.3 Å². The number of rotatable bonds is 5. The number of nitrogens with zero attached hydrogens (tertiary/aromatic N) is 1. The Morgan fingerprint density at radius 2 is 2.21 bits per heavy atom. The molecule has 3 N–H and O–H groups in total. The third-order valence-electron chi connectivity index (χ3n) is 2.43. The quantitative estimate of drug-likeness (QED) is 0.880. The zero-order chi connectivity index (χ0) is 14.0. The predicted molar refractivity (Wildman–Crippen MR) is 79.0 cm³/mol. The van der Waals surface area contributed by atoms with E-state index in [1.165, 1.54) is 11.3 Å². The average Bonchev–Trinajstić information content (AvgIpc) is 2.96. The normalized spacial score (nSPS) is 13.6. The van der Waals surface area contributed by atoms with Crippen molar-refractivity contribution in [3.8, 4) is 10.6 Å². The van der Waals surface area contributed by atoms with Gasteiger partial charge in [0.25, 0.3) is 0 Å². The molecule has 8 heteroatoms. The fourth-order valence-corrected chi connectivity index (χ4v) is 4.68. The van der Waals surface area contributed by atoms with Crippen molar-refractivity contribution in [1.82, 2.24) is 9.71 Å². The molecule has 0 radical (unpaired) electrons. The highest BCUT2D eigenvalue weighted by atomic mass is 32.2. The second-order valence-corrected chi connectivity index (χ2v) is 8.22. The molecule has 19 heavy (non-hydrogen) atoms. The fourth-order valence-electron chi connectivity index (χ4n) is 1.45. The molecule has 5 nitrogen and oxygen atoms in total. The number of hydrogen-bond acceptors (Lipinski definition) is 6. The van der Waals surface area contributed by atoms with Crippen LogP contribution in [-0.4, -0.2) is 26.0 Å². The standard InChI is InChI=1S/C11H15N3O2S3/c1-7(5-12)14-19(15,16)11-4-3-10(18-11)9-6-17-8(2)13-9/h3-4,6-7,14H,5,12H2,1-2H3/t7-/m0/s1. The average molecular weight is 317 g/mol. The molecule has 0 bridgehead atoms. The van der Waals surface area contributed by atoms with Gasteiger partial charge in [-0.2, -0.15) is 0 Å². The fraction of sp³-hybridized carbons (Fsp3) is 0.364. The highest BCUT2D eigenvalue weighted by Gasteiger charge is 2.19. The zero-order valence-corrected chi connectivity index (χ0v) is 13.0. The van der Waals surface area contributed by atoms with Crippen LogP contribution < -0.4 is 10.5 Å². The summed E-state index contributed by atoms with van der Waals surface area (Å²) in [6, 6.07) is 3.10. The van der Waals surface area contributed by atoms with E-state index in [1.54, 1.807) is 30.4 Å². The van der Waals surface area contributed by atoms with E-state index < -0.39 is 10.0 Å². The second-order valence-electron chi connectivity index (χ2n) is 4.13. The first-order chi connectivity index (χ1) is 8.92. The van der Waals surface area contributed by atoms with E-state index in [9.17, 15) is 8.42 Å². The van der Waals surface area contributed by atoms with Gasteiger partial charge in [-0.05, 0) is 26.0 Å². The lowest BCUT2D eigenvalue weighted by Gasteiger charge is -2.10. The number of sulfonamides is 1. The molecule has 0 fully saturated rings. The summed E-state index contributed by atoms with van der Waals surface area (Å²) < 4.78 is 27.0. The van der Waals surface area contributed by atoms with Crippen LogP contribution in [0.4, 0.5) is 0 Å². The first-order valence-electron chi connectivity index (χ1n) is 5.67. The maximum atomic E-state index is 12.1. The van der Waals surface area contributed by atoms with Gasteiger partial charge in [-0.25, -0.2) is 18.1 Å². The highest BCUT2D eigenvalue weighted by Crippen LogP contribution is 2.31. The Hall–Kier alpha value is -0.800. The lowest BCUT2D eigenvalue weighted by atomic mass is 10.4. The maximum Gasteiger partial charge on any atom is 0.250 e. The Morgan fingerprint density at radius 3 is 2.79 bits per heavy atom. The minimum atomic E-state index is -3.49.